The highest BCUT2D eigenvalue weighted by atomic mass is 32.2. The third-order valence-electron chi connectivity index (χ3n) is 2.59. The third kappa shape index (κ3) is 7.42. The second-order valence-electron chi connectivity index (χ2n) is 4.49. The Morgan fingerprint density at radius 2 is 1.90 bits per heavy atom. The molecule has 0 aromatic heterocycles. The molecule has 0 aliphatic heterocycles. The van der Waals surface area contributed by atoms with Crippen LogP contribution in [0.5, 0.6) is 0 Å². The minimum absolute atomic E-state index is 0.252. The molecule has 8 heteroatoms. The second kappa shape index (κ2) is 7.75. The van der Waals surface area contributed by atoms with Crippen molar-refractivity contribution in [2.75, 3.05) is 19.4 Å². The van der Waals surface area contributed by atoms with Gasteiger partial charge in [0, 0.05) is 0 Å². The normalized spacial score (nSPS) is 12.6. The van der Waals surface area contributed by atoms with E-state index in [-0.39, 0.29) is 13.0 Å². The van der Waals surface area contributed by atoms with Crippen molar-refractivity contribution in [3.8, 4) is 0 Å². The predicted octanol–water partition coefficient (Wildman–Crippen LogP) is 0.0223. The summed E-state index contributed by atoms with van der Waals surface area (Å²) in [6.45, 7) is -0.859. The van der Waals surface area contributed by atoms with E-state index >= 15 is 0 Å². The van der Waals surface area contributed by atoms with Gasteiger partial charge >= 0.3 is 5.97 Å². The number of carbonyl (C=O) groups is 2. The maximum atomic E-state index is 11.9. The number of carboxylic acid groups (broad SMARTS) is 1. The highest BCUT2D eigenvalue weighted by Crippen LogP contribution is 2.10. The summed E-state index contributed by atoms with van der Waals surface area (Å²) in [6, 6.07) is 8.98. The summed E-state index contributed by atoms with van der Waals surface area (Å²) < 4.78 is 26.7. The number of aliphatic carboxylic acids is 1. The lowest BCUT2D eigenvalue weighted by atomic mass is 9.99. The minimum atomic E-state index is -3.67. The molecule has 1 aromatic carbocycles. The molecule has 1 unspecified atom stereocenters. The fourth-order valence-corrected chi connectivity index (χ4v) is 2.05. The molecule has 0 radical (unpaired) electrons. The van der Waals surface area contributed by atoms with Crippen LogP contribution in [0, 0.1) is 5.92 Å². The zero-order chi connectivity index (χ0) is 15.9. The van der Waals surface area contributed by atoms with E-state index in [0.29, 0.717) is 0 Å². The molecule has 0 bridgehead atoms. The van der Waals surface area contributed by atoms with Gasteiger partial charge in [-0.15, -0.1) is 0 Å². The van der Waals surface area contributed by atoms with Crippen LogP contribution in [0.4, 0.5) is 0 Å². The van der Waals surface area contributed by atoms with Crippen LogP contribution in [0.15, 0.2) is 30.3 Å². The molecule has 1 aromatic rings. The van der Waals surface area contributed by atoms with E-state index in [1.807, 2.05) is 6.07 Å². The first-order valence-corrected chi connectivity index (χ1v) is 7.97. The lowest BCUT2D eigenvalue weighted by Gasteiger charge is -2.15. The van der Waals surface area contributed by atoms with Crippen molar-refractivity contribution in [1.82, 2.24) is 5.32 Å². The van der Waals surface area contributed by atoms with E-state index in [4.69, 9.17) is 5.11 Å². The van der Waals surface area contributed by atoms with Crippen molar-refractivity contribution in [2.45, 2.75) is 6.42 Å². The smallest absolute Gasteiger partial charge is 0.322 e. The molecule has 2 N–H and O–H groups in total. The summed E-state index contributed by atoms with van der Waals surface area (Å²) in [6.07, 6.45) is 1.14. The molecule has 21 heavy (non-hydrogen) atoms. The fraction of sp³-hybridized carbons (Fsp3) is 0.385. The van der Waals surface area contributed by atoms with Gasteiger partial charge in [-0.2, -0.15) is 8.42 Å². The summed E-state index contributed by atoms with van der Waals surface area (Å²) in [4.78, 5) is 22.4. The van der Waals surface area contributed by atoms with Gasteiger partial charge in [0.15, 0.2) is 0 Å². The SMILES string of the molecule is CS(=O)(=O)OCC(Cc1ccccc1)C(=O)NCC(=O)O. The summed E-state index contributed by atoms with van der Waals surface area (Å²) in [5.74, 6) is -2.53. The second-order valence-corrected chi connectivity index (χ2v) is 6.13. The summed E-state index contributed by atoms with van der Waals surface area (Å²) in [5.41, 5.74) is 0.824. The molecule has 0 saturated carbocycles. The van der Waals surface area contributed by atoms with Gasteiger partial charge in [-0.25, -0.2) is 0 Å². The van der Waals surface area contributed by atoms with E-state index in [1.165, 1.54) is 0 Å². The fourth-order valence-electron chi connectivity index (χ4n) is 1.64. The number of amides is 1. The Hall–Kier alpha value is -1.93. The van der Waals surface area contributed by atoms with Crippen LogP contribution in [0.1, 0.15) is 5.56 Å². The molecular weight excluding hydrogens is 298 g/mol. The first kappa shape index (κ1) is 17.1. The monoisotopic (exact) mass is 315 g/mol. The Balaban J connectivity index is 2.73. The van der Waals surface area contributed by atoms with Crippen molar-refractivity contribution in [3.05, 3.63) is 35.9 Å². The lowest BCUT2D eigenvalue weighted by molar-refractivity contribution is -0.138. The number of benzene rings is 1. The Morgan fingerprint density at radius 1 is 1.29 bits per heavy atom. The van der Waals surface area contributed by atoms with Crippen molar-refractivity contribution in [3.63, 3.8) is 0 Å². The van der Waals surface area contributed by atoms with Crippen molar-refractivity contribution in [1.29, 1.82) is 0 Å². The molecular formula is C13H17NO6S. The molecule has 0 aliphatic carbocycles. The quantitative estimate of drug-likeness (QED) is 0.655. The van der Waals surface area contributed by atoms with Gasteiger partial charge in [0.25, 0.3) is 10.1 Å². The Morgan fingerprint density at radius 3 is 2.43 bits per heavy atom. The summed E-state index contributed by atoms with van der Waals surface area (Å²) >= 11 is 0. The molecule has 1 atom stereocenters. The van der Waals surface area contributed by atoms with Crippen molar-refractivity contribution < 1.29 is 27.3 Å². The van der Waals surface area contributed by atoms with E-state index in [9.17, 15) is 18.0 Å². The number of carboxylic acids is 1. The van der Waals surface area contributed by atoms with Gasteiger partial charge in [-0.05, 0) is 12.0 Å². The molecule has 116 valence electrons. The van der Waals surface area contributed by atoms with Gasteiger partial charge in [0.05, 0.1) is 18.8 Å². The number of rotatable bonds is 8. The zero-order valence-electron chi connectivity index (χ0n) is 11.5. The van der Waals surface area contributed by atoms with Crippen LogP contribution in [-0.2, 0) is 30.3 Å². The van der Waals surface area contributed by atoms with Crippen LogP contribution >= 0.6 is 0 Å². The lowest BCUT2D eigenvalue weighted by Crippen LogP contribution is -2.37. The highest BCUT2D eigenvalue weighted by molar-refractivity contribution is 7.85. The van der Waals surface area contributed by atoms with Gasteiger partial charge in [0.1, 0.15) is 6.54 Å². The molecule has 7 nitrogen and oxygen atoms in total. The molecule has 0 heterocycles. The van der Waals surface area contributed by atoms with Gasteiger partial charge in [-0.1, -0.05) is 30.3 Å². The van der Waals surface area contributed by atoms with E-state index in [1.54, 1.807) is 24.3 Å². The first-order valence-electron chi connectivity index (χ1n) is 6.16. The number of carbonyl (C=O) groups excluding carboxylic acids is 1. The topological polar surface area (TPSA) is 110 Å². The van der Waals surface area contributed by atoms with Crippen LogP contribution in [0.25, 0.3) is 0 Å². The van der Waals surface area contributed by atoms with Gasteiger partial charge < -0.3 is 10.4 Å². The molecule has 1 rings (SSSR count). The summed E-state index contributed by atoms with van der Waals surface area (Å²) in [7, 11) is -3.67. The first-order chi connectivity index (χ1) is 9.78. The number of nitrogens with one attached hydrogen (secondary N) is 1. The zero-order valence-corrected chi connectivity index (χ0v) is 12.3. The van der Waals surface area contributed by atoms with Crippen LogP contribution in [0.2, 0.25) is 0 Å². The maximum Gasteiger partial charge on any atom is 0.322 e. The Labute approximate surface area is 123 Å². The summed E-state index contributed by atoms with van der Waals surface area (Å²) in [5, 5.41) is 10.8. The Kier molecular flexibility index (Phi) is 6.32. The number of hydrogen-bond donors (Lipinski definition) is 2. The Bertz CT molecular complexity index is 584. The molecule has 0 saturated heterocycles. The van der Waals surface area contributed by atoms with Crippen LogP contribution in [-0.4, -0.2) is 44.8 Å². The molecule has 0 fully saturated rings. The van der Waals surface area contributed by atoms with Gasteiger partial charge in [-0.3, -0.25) is 13.8 Å². The predicted molar refractivity (Wildman–Crippen MR) is 75.1 cm³/mol. The van der Waals surface area contributed by atoms with Crippen molar-refractivity contribution >= 4 is 22.0 Å². The molecule has 1 amide bonds. The minimum Gasteiger partial charge on any atom is -0.480 e. The van der Waals surface area contributed by atoms with Crippen LogP contribution < -0.4 is 5.32 Å². The maximum absolute atomic E-state index is 11.9. The van der Waals surface area contributed by atoms with Crippen LogP contribution in [0.3, 0.4) is 0 Å². The largest absolute Gasteiger partial charge is 0.480 e. The third-order valence-corrected chi connectivity index (χ3v) is 3.16. The van der Waals surface area contributed by atoms with E-state index in [0.717, 1.165) is 11.8 Å². The molecule has 0 spiro atoms. The highest BCUT2D eigenvalue weighted by Gasteiger charge is 2.21. The van der Waals surface area contributed by atoms with Gasteiger partial charge in [0.2, 0.25) is 5.91 Å². The van der Waals surface area contributed by atoms with E-state index < -0.39 is 34.5 Å². The van der Waals surface area contributed by atoms with E-state index in [2.05, 4.69) is 9.50 Å². The van der Waals surface area contributed by atoms with Crippen molar-refractivity contribution in [2.24, 2.45) is 5.92 Å². The average Bonchev–Trinajstić information content (AvgIpc) is 2.41. The average molecular weight is 315 g/mol. The standard InChI is InChI=1S/C13H17NO6S/c1-21(18,19)20-9-11(13(17)14-8-12(15)16)7-10-5-3-2-4-6-10/h2-6,11H,7-9H2,1H3,(H,14,17)(H,15,16). The number of hydrogen-bond acceptors (Lipinski definition) is 5. The molecule has 0 aliphatic rings.